The highest BCUT2D eigenvalue weighted by molar-refractivity contribution is 5.87. The molecule has 0 saturated carbocycles. The largest absolute Gasteiger partial charge is 0.481 e. The molecule has 1 aliphatic rings. The van der Waals surface area contributed by atoms with Gasteiger partial charge < -0.3 is 15.2 Å². The van der Waals surface area contributed by atoms with Gasteiger partial charge in [-0.15, -0.1) is 0 Å². The first-order valence-electron chi connectivity index (χ1n) is 5.14. The van der Waals surface area contributed by atoms with E-state index < -0.39 is 17.9 Å². The SMILES string of the molecule is COc1cc([C@H]2NC(=O)C[C@@H]2C(=O)O)ccn1. The first-order valence-corrected chi connectivity index (χ1v) is 5.14. The van der Waals surface area contributed by atoms with Crippen molar-refractivity contribution in [2.75, 3.05) is 7.11 Å². The summed E-state index contributed by atoms with van der Waals surface area (Å²) >= 11 is 0. The molecular formula is C11H12N2O4. The van der Waals surface area contributed by atoms with Crippen molar-refractivity contribution in [3.8, 4) is 5.88 Å². The van der Waals surface area contributed by atoms with Crippen molar-refractivity contribution in [3.05, 3.63) is 23.9 Å². The molecular weight excluding hydrogens is 224 g/mol. The second-order valence-electron chi connectivity index (χ2n) is 3.83. The van der Waals surface area contributed by atoms with Crippen LogP contribution in [-0.4, -0.2) is 29.1 Å². The van der Waals surface area contributed by atoms with Gasteiger partial charge in [-0.3, -0.25) is 9.59 Å². The van der Waals surface area contributed by atoms with E-state index in [1.807, 2.05) is 0 Å². The quantitative estimate of drug-likeness (QED) is 0.790. The van der Waals surface area contributed by atoms with Gasteiger partial charge in [-0.2, -0.15) is 0 Å². The second-order valence-corrected chi connectivity index (χ2v) is 3.83. The van der Waals surface area contributed by atoms with Crippen molar-refractivity contribution in [1.29, 1.82) is 0 Å². The van der Waals surface area contributed by atoms with Gasteiger partial charge in [0.15, 0.2) is 0 Å². The number of methoxy groups -OCH3 is 1. The minimum atomic E-state index is -0.982. The number of carbonyl (C=O) groups excluding carboxylic acids is 1. The molecule has 2 N–H and O–H groups in total. The highest BCUT2D eigenvalue weighted by Gasteiger charge is 2.38. The van der Waals surface area contributed by atoms with Crippen LogP contribution in [0.2, 0.25) is 0 Å². The van der Waals surface area contributed by atoms with Gasteiger partial charge in [0, 0.05) is 18.7 Å². The number of aliphatic carboxylic acids is 1. The molecule has 1 saturated heterocycles. The van der Waals surface area contributed by atoms with Crippen LogP contribution in [0.15, 0.2) is 18.3 Å². The number of nitrogens with zero attached hydrogens (tertiary/aromatic N) is 1. The van der Waals surface area contributed by atoms with E-state index in [9.17, 15) is 9.59 Å². The molecule has 1 fully saturated rings. The summed E-state index contributed by atoms with van der Waals surface area (Å²) in [6, 6.07) is 2.79. The third-order valence-electron chi connectivity index (χ3n) is 2.77. The smallest absolute Gasteiger partial charge is 0.309 e. The second kappa shape index (κ2) is 4.40. The Hall–Kier alpha value is -2.11. The van der Waals surface area contributed by atoms with Gasteiger partial charge in [0.25, 0.3) is 0 Å². The van der Waals surface area contributed by atoms with Crippen molar-refractivity contribution < 1.29 is 19.4 Å². The van der Waals surface area contributed by atoms with Crippen LogP contribution in [0, 0.1) is 5.92 Å². The van der Waals surface area contributed by atoms with E-state index in [2.05, 4.69) is 10.3 Å². The lowest BCUT2D eigenvalue weighted by Crippen LogP contribution is -2.24. The van der Waals surface area contributed by atoms with Gasteiger partial charge >= 0.3 is 5.97 Å². The Balaban J connectivity index is 2.31. The Labute approximate surface area is 97.6 Å². The number of aromatic nitrogens is 1. The molecule has 0 aliphatic carbocycles. The van der Waals surface area contributed by atoms with Crippen LogP contribution in [0.4, 0.5) is 0 Å². The zero-order valence-corrected chi connectivity index (χ0v) is 9.21. The van der Waals surface area contributed by atoms with Crippen LogP contribution in [0.5, 0.6) is 5.88 Å². The molecule has 2 heterocycles. The monoisotopic (exact) mass is 236 g/mol. The molecule has 0 aromatic carbocycles. The van der Waals surface area contributed by atoms with Crippen molar-refractivity contribution in [2.24, 2.45) is 5.92 Å². The van der Waals surface area contributed by atoms with E-state index in [0.29, 0.717) is 11.4 Å². The number of carboxylic acid groups (broad SMARTS) is 1. The summed E-state index contributed by atoms with van der Waals surface area (Å²) in [5.41, 5.74) is 0.690. The summed E-state index contributed by atoms with van der Waals surface area (Å²) in [5, 5.41) is 11.7. The lowest BCUT2D eigenvalue weighted by Gasteiger charge is -2.15. The van der Waals surface area contributed by atoms with E-state index in [-0.39, 0.29) is 12.3 Å². The normalized spacial score (nSPS) is 23.2. The summed E-state index contributed by atoms with van der Waals surface area (Å²) in [4.78, 5) is 26.3. The van der Waals surface area contributed by atoms with Crippen molar-refractivity contribution in [3.63, 3.8) is 0 Å². The van der Waals surface area contributed by atoms with Crippen molar-refractivity contribution in [2.45, 2.75) is 12.5 Å². The topological polar surface area (TPSA) is 88.5 Å². The van der Waals surface area contributed by atoms with Gasteiger partial charge in [-0.25, -0.2) is 4.98 Å². The molecule has 1 aromatic rings. The summed E-state index contributed by atoms with van der Waals surface area (Å²) in [6.07, 6.45) is 1.53. The number of pyridine rings is 1. The molecule has 6 heteroatoms. The Morgan fingerprint density at radius 1 is 1.65 bits per heavy atom. The molecule has 1 aromatic heterocycles. The fraction of sp³-hybridized carbons (Fsp3) is 0.364. The number of ether oxygens (including phenoxy) is 1. The van der Waals surface area contributed by atoms with Crippen LogP contribution < -0.4 is 10.1 Å². The van der Waals surface area contributed by atoms with Crippen LogP contribution in [0.25, 0.3) is 0 Å². The van der Waals surface area contributed by atoms with Crippen molar-refractivity contribution >= 4 is 11.9 Å². The van der Waals surface area contributed by atoms with E-state index in [1.165, 1.54) is 13.3 Å². The molecule has 1 amide bonds. The van der Waals surface area contributed by atoms with Crippen LogP contribution in [0.3, 0.4) is 0 Å². The van der Waals surface area contributed by atoms with E-state index in [0.717, 1.165) is 0 Å². The minimum absolute atomic E-state index is 0.00460. The zero-order valence-electron chi connectivity index (χ0n) is 9.21. The molecule has 1 aliphatic heterocycles. The predicted molar refractivity (Wildman–Crippen MR) is 57.4 cm³/mol. The number of nitrogens with one attached hydrogen (secondary N) is 1. The summed E-state index contributed by atoms with van der Waals surface area (Å²) < 4.78 is 4.97. The first-order chi connectivity index (χ1) is 8.11. The molecule has 2 rings (SSSR count). The van der Waals surface area contributed by atoms with Gasteiger partial charge in [-0.1, -0.05) is 0 Å². The highest BCUT2D eigenvalue weighted by atomic mass is 16.5. The zero-order chi connectivity index (χ0) is 12.4. The standard InChI is InChI=1S/C11H12N2O4/c1-17-9-4-6(2-3-12-9)10-7(11(15)16)5-8(14)13-10/h2-4,7,10H,5H2,1H3,(H,13,14)(H,15,16)/t7-,10+/m0/s1. The molecule has 6 nitrogen and oxygen atoms in total. The fourth-order valence-electron chi connectivity index (χ4n) is 1.93. The number of hydrogen-bond donors (Lipinski definition) is 2. The van der Waals surface area contributed by atoms with Gasteiger partial charge in [0.05, 0.1) is 19.1 Å². The molecule has 2 atom stereocenters. The van der Waals surface area contributed by atoms with Crippen LogP contribution in [0.1, 0.15) is 18.0 Å². The Kier molecular flexibility index (Phi) is 2.95. The lowest BCUT2D eigenvalue weighted by atomic mass is 9.95. The van der Waals surface area contributed by atoms with Gasteiger partial charge in [-0.05, 0) is 11.6 Å². The maximum atomic E-state index is 11.3. The number of rotatable bonds is 3. The number of carbonyl (C=O) groups is 2. The summed E-state index contributed by atoms with van der Waals surface area (Å²) in [7, 11) is 1.48. The maximum absolute atomic E-state index is 11.3. The van der Waals surface area contributed by atoms with E-state index >= 15 is 0 Å². The van der Waals surface area contributed by atoms with Crippen LogP contribution >= 0.6 is 0 Å². The van der Waals surface area contributed by atoms with Crippen LogP contribution in [-0.2, 0) is 9.59 Å². The van der Waals surface area contributed by atoms with Crippen molar-refractivity contribution in [1.82, 2.24) is 10.3 Å². The Bertz CT molecular complexity index is 461. The molecule has 0 radical (unpaired) electrons. The summed E-state index contributed by atoms with van der Waals surface area (Å²) in [6.45, 7) is 0. The van der Waals surface area contributed by atoms with E-state index in [4.69, 9.17) is 9.84 Å². The van der Waals surface area contributed by atoms with Gasteiger partial charge in [0.2, 0.25) is 11.8 Å². The maximum Gasteiger partial charge on any atom is 0.309 e. The molecule has 90 valence electrons. The Morgan fingerprint density at radius 3 is 3.06 bits per heavy atom. The fourth-order valence-corrected chi connectivity index (χ4v) is 1.93. The molecule has 17 heavy (non-hydrogen) atoms. The first kappa shape index (κ1) is 11.4. The number of hydrogen-bond acceptors (Lipinski definition) is 4. The average molecular weight is 236 g/mol. The molecule has 0 unspecified atom stereocenters. The highest BCUT2D eigenvalue weighted by Crippen LogP contribution is 2.31. The third kappa shape index (κ3) is 2.20. The molecule has 0 spiro atoms. The minimum Gasteiger partial charge on any atom is -0.481 e. The Morgan fingerprint density at radius 2 is 2.41 bits per heavy atom. The number of amides is 1. The number of carboxylic acids is 1. The van der Waals surface area contributed by atoms with Gasteiger partial charge in [0.1, 0.15) is 0 Å². The lowest BCUT2D eigenvalue weighted by molar-refractivity contribution is -0.142. The summed E-state index contributed by atoms with van der Waals surface area (Å²) in [5.74, 6) is -1.58. The average Bonchev–Trinajstić information content (AvgIpc) is 2.72. The predicted octanol–water partition coefficient (Wildman–Crippen LogP) is 0.352. The third-order valence-corrected chi connectivity index (χ3v) is 2.77. The molecule has 0 bridgehead atoms. The van der Waals surface area contributed by atoms with E-state index in [1.54, 1.807) is 12.1 Å².